The van der Waals surface area contributed by atoms with Crippen molar-refractivity contribution >= 4 is 23.4 Å². The predicted molar refractivity (Wildman–Crippen MR) is 139 cm³/mol. The van der Waals surface area contributed by atoms with Gasteiger partial charge in [-0.1, -0.05) is 12.6 Å². The summed E-state index contributed by atoms with van der Waals surface area (Å²) < 4.78 is 14.5. The number of carbonyl (C=O) groups excluding carboxylic acids is 1. The van der Waals surface area contributed by atoms with E-state index in [2.05, 4.69) is 56.2 Å². The average Bonchev–Trinajstić information content (AvgIpc) is 3.28. The van der Waals surface area contributed by atoms with E-state index in [1.54, 1.807) is 4.90 Å². The second-order valence-electron chi connectivity index (χ2n) is 10.4. The quantitative estimate of drug-likeness (QED) is 0.571. The Kier molecular flexibility index (Phi) is 7.48. The highest BCUT2D eigenvalue weighted by Gasteiger charge is 2.25. The largest absolute Gasteiger partial charge is 0.363 e. The number of anilines is 3. The molecule has 2 saturated heterocycles. The number of halogens is 1. The van der Waals surface area contributed by atoms with Crippen molar-refractivity contribution in [1.29, 1.82) is 0 Å². The summed E-state index contributed by atoms with van der Waals surface area (Å²) in [5.74, 6) is 0.656. The molecule has 192 valence electrons. The van der Waals surface area contributed by atoms with E-state index in [1.807, 2.05) is 6.07 Å². The van der Waals surface area contributed by atoms with E-state index in [1.165, 1.54) is 49.3 Å². The highest BCUT2D eigenvalue weighted by Crippen LogP contribution is 2.29. The molecule has 1 aromatic carbocycles. The molecular formula is C27H36FN7O. The zero-order valence-corrected chi connectivity index (χ0v) is 21.0. The summed E-state index contributed by atoms with van der Waals surface area (Å²) >= 11 is 0. The van der Waals surface area contributed by atoms with Crippen molar-refractivity contribution in [1.82, 2.24) is 24.7 Å². The van der Waals surface area contributed by atoms with Gasteiger partial charge in [0, 0.05) is 44.5 Å². The van der Waals surface area contributed by atoms with Crippen LogP contribution < -0.4 is 10.6 Å². The fraction of sp³-hybridized carbons (Fsp3) is 0.519. The van der Waals surface area contributed by atoms with E-state index in [0.717, 1.165) is 44.1 Å². The first kappa shape index (κ1) is 24.6. The van der Waals surface area contributed by atoms with Crippen LogP contribution in [0.4, 0.5) is 21.8 Å². The van der Waals surface area contributed by atoms with Gasteiger partial charge in [-0.2, -0.15) is 4.98 Å². The topological polar surface area (TPSA) is 76.6 Å². The summed E-state index contributed by atoms with van der Waals surface area (Å²) in [6.45, 7) is 10.2. The molecule has 0 bridgehead atoms. The van der Waals surface area contributed by atoms with Crippen LogP contribution in [0.1, 0.15) is 36.8 Å². The lowest BCUT2D eigenvalue weighted by Crippen LogP contribution is -2.44. The Morgan fingerprint density at radius 1 is 1.19 bits per heavy atom. The molecule has 3 aliphatic heterocycles. The fourth-order valence-corrected chi connectivity index (χ4v) is 5.56. The Morgan fingerprint density at radius 2 is 2.00 bits per heavy atom. The van der Waals surface area contributed by atoms with Gasteiger partial charge in [-0.3, -0.25) is 9.69 Å². The van der Waals surface area contributed by atoms with Crippen LogP contribution in [-0.2, 0) is 17.9 Å². The Bertz CT molecular complexity index is 1100. The zero-order valence-electron chi connectivity index (χ0n) is 21.0. The number of hydrogen-bond donors (Lipinski definition) is 2. The van der Waals surface area contributed by atoms with Gasteiger partial charge in [-0.05, 0) is 81.1 Å². The van der Waals surface area contributed by atoms with Crippen LogP contribution in [-0.4, -0.2) is 76.4 Å². The van der Waals surface area contributed by atoms with E-state index in [-0.39, 0.29) is 17.8 Å². The number of fused-ring (bicyclic) bond motifs is 1. The Balaban J connectivity index is 1.20. The Labute approximate surface area is 212 Å². The van der Waals surface area contributed by atoms with Gasteiger partial charge in [0.2, 0.25) is 11.9 Å². The van der Waals surface area contributed by atoms with Gasteiger partial charge in [-0.25, -0.2) is 9.37 Å². The van der Waals surface area contributed by atoms with Gasteiger partial charge in [0.15, 0.2) is 11.6 Å². The third kappa shape index (κ3) is 5.84. The lowest BCUT2D eigenvalue weighted by atomic mass is 9.97. The van der Waals surface area contributed by atoms with Gasteiger partial charge in [0.05, 0.1) is 6.20 Å². The summed E-state index contributed by atoms with van der Waals surface area (Å²) in [7, 11) is 2.20. The van der Waals surface area contributed by atoms with Crippen molar-refractivity contribution in [3.05, 3.63) is 54.0 Å². The lowest BCUT2D eigenvalue weighted by molar-refractivity contribution is -0.127. The summed E-state index contributed by atoms with van der Waals surface area (Å²) in [5.41, 5.74) is 3.59. The summed E-state index contributed by atoms with van der Waals surface area (Å²) in [5, 5.41) is 6.41. The minimum absolute atomic E-state index is 0.0737. The van der Waals surface area contributed by atoms with Gasteiger partial charge >= 0.3 is 0 Å². The fourth-order valence-electron chi connectivity index (χ4n) is 5.56. The van der Waals surface area contributed by atoms with Crippen LogP contribution >= 0.6 is 0 Å². The molecule has 2 fully saturated rings. The van der Waals surface area contributed by atoms with Gasteiger partial charge < -0.3 is 20.4 Å². The molecule has 0 unspecified atom stereocenters. The number of nitrogens with zero attached hydrogens (tertiary/aromatic N) is 5. The number of piperidine rings is 2. The first-order chi connectivity index (χ1) is 17.5. The standard InChI is InChI=1S/C27H36FN7O/c1-3-25(36)35-10-4-5-23(18-35)30-26-24(28)14-29-27(32-26)31-22-7-6-20-16-34(17-21(20)13-22)15-19-8-11-33(2)12-9-19/h3,6-7,13-14,19,23H,1,4-5,8-12,15-18H2,2H3,(H2,29,30,31,32)/t23-/m1/s1. The average molecular weight is 494 g/mol. The van der Waals surface area contributed by atoms with E-state index < -0.39 is 5.82 Å². The van der Waals surface area contributed by atoms with Crippen molar-refractivity contribution in [2.45, 2.75) is 44.8 Å². The zero-order chi connectivity index (χ0) is 25.1. The van der Waals surface area contributed by atoms with Gasteiger partial charge in [0.25, 0.3) is 0 Å². The first-order valence-electron chi connectivity index (χ1n) is 13.0. The Hall–Kier alpha value is -3.04. The number of rotatable bonds is 7. The third-order valence-corrected chi connectivity index (χ3v) is 7.60. The maximum Gasteiger partial charge on any atom is 0.246 e. The second kappa shape index (κ2) is 10.9. The highest BCUT2D eigenvalue weighted by molar-refractivity contribution is 5.87. The molecule has 3 aliphatic rings. The molecule has 8 nitrogen and oxygen atoms in total. The van der Waals surface area contributed by atoms with E-state index in [4.69, 9.17) is 0 Å². The third-order valence-electron chi connectivity index (χ3n) is 7.60. The van der Waals surface area contributed by atoms with Gasteiger partial charge in [0.1, 0.15) is 0 Å². The summed E-state index contributed by atoms with van der Waals surface area (Å²) in [6, 6.07) is 6.29. The molecular weight excluding hydrogens is 457 g/mol. The second-order valence-corrected chi connectivity index (χ2v) is 10.4. The molecule has 1 aromatic heterocycles. The summed E-state index contributed by atoms with van der Waals surface area (Å²) in [4.78, 5) is 27.2. The van der Waals surface area contributed by atoms with Crippen molar-refractivity contribution in [2.24, 2.45) is 5.92 Å². The van der Waals surface area contributed by atoms with Crippen molar-refractivity contribution in [2.75, 3.05) is 50.4 Å². The summed E-state index contributed by atoms with van der Waals surface area (Å²) in [6.07, 6.45) is 6.74. The molecule has 0 saturated carbocycles. The van der Waals surface area contributed by atoms with Crippen molar-refractivity contribution < 1.29 is 9.18 Å². The monoisotopic (exact) mass is 493 g/mol. The minimum atomic E-state index is -0.508. The molecule has 2 N–H and O–H groups in total. The van der Waals surface area contributed by atoms with Crippen LogP contribution in [0, 0.1) is 11.7 Å². The Morgan fingerprint density at radius 3 is 2.81 bits per heavy atom. The minimum Gasteiger partial charge on any atom is -0.363 e. The van der Waals surface area contributed by atoms with Crippen LogP contribution in [0.15, 0.2) is 37.1 Å². The maximum absolute atomic E-state index is 14.5. The number of benzene rings is 1. The number of amides is 1. The molecule has 5 rings (SSSR count). The van der Waals surface area contributed by atoms with E-state index >= 15 is 0 Å². The molecule has 1 amide bonds. The first-order valence-corrected chi connectivity index (χ1v) is 13.0. The molecule has 0 spiro atoms. The molecule has 2 aromatic rings. The molecule has 1 atom stereocenters. The van der Waals surface area contributed by atoms with Crippen molar-refractivity contribution in [3.63, 3.8) is 0 Å². The number of hydrogen-bond acceptors (Lipinski definition) is 7. The normalized spacial score (nSPS) is 21.3. The lowest BCUT2D eigenvalue weighted by Gasteiger charge is -2.32. The van der Waals surface area contributed by atoms with E-state index in [0.29, 0.717) is 19.0 Å². The van der Waals surface area contributed by atoms with Crippen LogP contribution in [0.5, 0.6) is 0 Å². The van der Waals surface area contributed by atoms with E-state index in [9.17, 15) is 9.18 Å². The van der Waals surface area contributed by atoms with Crippen LogP contribution in [0.3, 0.4) is 0 Å². The SMILES string of the molecule is C=CC(=O)N1CCC[C@@H](Nc2nc(Nc3ccc4c(c3)CN(CC3CCN(C)CC3)C4)ncc2F)C1. The molecule has 36 heavy (non-hydrogen) atoms. The van der Waals surface area contributed by atoms with Gasteiger partial charge in [-0.15, -0.1) is 0 Å². The maximum atomic E-state index is 14.5. The predicted octanol–water partition coefficient (Wildman–Crippen LogP) is 3.61. The number of nitrogens with one attached hydrogen (secondary N) is 2. The van der Waals surface area contributed by atoms with Crippen LogP contribution in [0.25, 0.3) is 0 Å². The molecule has 9 heteroatoms. The smallest absolute Gasteiger partial charge is 0.246 e. The molecule has 4 heterocycles. The van der Waals surface area contributed by atoms with Crippen LogP contribution in [0.2, 0.25) is 0 Å². The number of carbonyl (C=O) groups is 1. The number of likely N-dealkylation sites (tertiary alicyclic amines) is 2. The highest BCUT2D eigenvalue weighted by atomic mass is 19.1. The molecule has 0 aliphatic carbocycles. The number of aromatic nitrogens is 2. The van der Waals surface area contributed by atoms with Crippen molar-refractivity contribution in [3.8, 4) is 0 Å². The molecule has 0 radical (unpaired) electrons.